The van der Waals surface area contributed by atoms with Gasteiger partial charge in [-0.25, -0.2) is 8.42 Å². The van der Waals surface area contributed by atoms with E-state index in [0.717, 1.165) is 21.0 Å². The summed E-state index contributed by atoms with van der Waals surface area (Å²) >= 11 is 12.4. The highest BCUT2D eigenvalue weighted by Gasteiger charge is 2.32. The monoisotopic (exact) mass is 561 g/mol. The lowest BCUT2D eigenvalue weighted by molar-refractivity contribution is -0.139. The van der Waals surface area contributed by atoms with Gasteiger partial charge in [-0.05, 0) is 56.7 Å². The molecule has 0 spiro atoms. The summed E-state index contributed by atoms with van der Waals surface area (Å²) in [4.78, 5) is 27.6. The van der Waals surface area contributed by atoms with Gasteiger partial charge in [0.15, 0.2) is 0 Å². The second-order valence-corrected chi connectivity index (χ2v) is 11.5. The number of carbonyl (C=O) groups excluding carboxylic acids is 2. The molecular weight excluding hydrogens is 533 g/mol. The van der Waals surface area contributed by atoms with Crippen molar-refractivity contribution in [2.24, 2.45) is 0 Å². The van der Waals surface area contributed by atoms with Gasteiger partial charge in [0.2, 0.25) is 11.8 Å². The number of benzene rings is 3. The number of carbonyl (C=O) groups is 2. The van der Waals surface area contributed by atoms with E-state index in [0.29, 0.717) is 0 Å². The van der Waals surface area contributed by atoms with E-state index in [9.17, 15) is 18.0 Å². The van der Waals surface area contributed by atoms with Gasteiger partial charge in [-0.3, -0.25) is 13.9 Å². The average Bonchev–Trinajstić information content (AvgIpc) is 2.85. The topological polar surface area (TPSA) is 86.8 Å². The maximum absolute atomic E-state index is 13.8. The Hall–Kier alpha value is -3.07. The Kier molecular flexibility index (Phi) is 9.23. The van der Waals surface area contributed by atoms with Crippen LogP contribution in [0.25, 0.3) is 0 Å². The number of likely N-dealkylation sites (N-methyl/N-ethyl adjacent to an activating group) is 1. The standard InChI is InChI=1S/C27H29Cl2N3O4S/c1-18-5-9-21(10-6-18)16-31(20(3)27(34)30-4)26(33)17-32(24-14-22(28)13-23(29)15-24)37(35,36)25-11-7-19(2)8-12-25/h5-15,20H,16-17H2,1-4H3,(H,30,34)/t20-/m0/s1. The number of rotatable bonds is 9. The Labute approximate surface area is 228 Å². The molecule has 2 amide bonds. The molecule has 3 aromatic carbocycles. The quantitative estimate of drug-likeness (QED) is 0.399. The number of aryl methyl sites for hydroxylation is 2. The van der Waals surface area contributed by atoms with Gasteiger partial charge in [0.05, 0.1) is 10.6 Å². The Morgan fingerprint density at radius 1 is 0.892 bits per heavy atom. The SMILES string of the molecule is CNC(=O)[C@H](C)N(Cc1ccc(C)cc1)C(=O)CN(c1cc(Cl)cc(Cl)c1)S(=O)(=O)c1ccc(C)cc1. The lowest BCUT2D eigenvalue weighted by Gasteiger charge is -2.32. The lowest BCUT2D eigenvalue weighted by Crippen LogP contribution is -2.50. The smallest absolute Gasteiger partial charge is 0.264 e. The molecule has 1 N–H and O–H groups in total. The zero-order valence-electron chi connectivity index (χ0n) is 21.0. The highest BCUT2D eigenvalue weighted by atomic mass is 35.5. The summed E-state index contributed by atoms with van der Waals surface area (Å²) in [6, 6.07) is 17.3. The molecule has 10 heteroatoms. The summed E-state index contributed by atoms with van der Waals surface area (Å²) < 4.78 is 28.5. The van der Waals surface area contributed by atoms with E-state index >= 15 is 0 Å². The molecule has 0 aromatic heterocycles. The molecule has 0 heterocycles. The molecule has 3 rings (SSSR count). The second kappa shape index (κ2) is 12.0. The summed E-state index contributed by atoms with van der Waals surface area (Å²) in [5.41, 5.74) is 2.87. The first-order valence-electron chi connectivity index (χ1n) is 11.5. The molecule has 3 aromatic rings. The van der Waals surface area contributed by atoms with Crippen molar-refractivity contribution in [3.05, 3.63) is 93.5 Å². The first-order valence-corrected chi connectivity index (χ1v) is 13.7. The Balaban J connectivity index is 2.06. The van der Waals surface area contributed by atoms with Crippen molar-refractivity contribution in [3.8, 4) is 0 Å². The molecule has 0 fully saturated rings. The van der Waals surface area contributed by atoms with Gasteiger partial charge in [-0.1, -0.05) is 70.7 Å². The largest absolute Gasteiger partial charge is 0.357 e. The Morgan fingerprint density at radius 2 is 1.41 bits per heavy atom. The van der Waals surface area contributed by atoms with Gasteiger partial charge in [-0.2, -0.15) is 0 Å². The summed E-state index contributed by atoms with van der Waals surface area (Å²) in [7, 11) is -2.71. The fraction of sp³-hybridized carbons (Fsp3) is 0.259. The number of sulfonamides is 1. The van der Waals surface area contributed by atoms with Crippen molar-refractivity contribution in [3.63, 3.8) is 0 Å². The lowest BCUT2D eigenvalue weighted by atomic mass is 10.1. The molecule has 37 heavy (non-hydrogen) atoms. The van der Waals surface area contributed by atoms with Crippen molar-refractivity contribution in [2.45, 2.75) is 38.3 Å². The number of nitrogens with one attached hydrogen (secondary N) is 1. The molecule has 0 saturated heterocycles. The summed E-state index contributed by atoms with van der Waals surface area (Å²) in [5, 5.41) is 2.99. The zero-order chi connectivity index (χ0) is 27.3. The first kappa shape index (κ1) is 28.5. The summed E-state index contributed by atoms with van der Waals surface area (Å²) in [5.74, 6) is -0.942. The number of anilines is 1. The third-order valence-corrected chi connectivity index (χ3v) is 8.13. The van der Waals surface area contributed by atoms with Crippen LogP contribution in [0.15, 0.2) is 71.6 Å². The van der Waals surface area contributed by atoms with Gasteiger partial charge in [0, 0.05) is 23.6 Å². The molecule has 0 aliphatic rings. The minimum absolute atomic E-state index is 0.00596. The summed E-state index contributed by atoms with van der Waals surface area (Å²) in [6.45, 7) is 4.93. The highest BCUT2D eigenvalue weighted by Crippen LogP contribution is 2.30. The van der Waals surface area contributed by atoms with Gasteiger partial charge >= 0.3 is 0 Å². The van der Waals surface area contributed by atoms with E-state index in [1.54, 1.807) is 19.1 Å². The number of halogens is 2. The van der Waals surface area contributed by atoms with Gasteiger partial charge in [-0.15, -0.1) is 0 Å². The van der Waals surface area contributed by atoms with E-state index in [-0.39, 0.29) is 33.1 Å². The minimum Gasteiger partial charge on any atom is -0.357 e. The molecule has 0 aliphatic carbocycles. The van der Waals surface area contributed by atoms with E-state index in [1.807, 2.05) is 38.1 Å². The number of hydrogen-bond donors (Lipinski definition) is 1. The number of amides is 2. The predicted octanol–water partition coefficient (Wildman–Crippen LogP) is 4.97. The van der Waals surface area contributed by atoms with Gasteiger partial charge in [0.25, 0.3) is 10.0 Å². The third-order valence-electron chi connectivity index (χ3n) is 5.91. The van der Waals surface area contributed by atoms with Crippen molar-refractivity contribution >= 4 is 50.7 Å². The average molecular weight is 563 g/mol. The number of hydrogen-bond acceptors (Lipinski definition) is 4. The van der Waals surface area contributed by atoms with E-state index < -0.39 is 28.5 Å². The van der Waals surface area contributed by atoms with E-state index in [2.05, 4.69) is 5.32 Å². The maximum Gasteiger partial charge on any atom is 0.264 e. The molecule has 0 radical (unpaired) electrons. The predicted molar refractivity (Wildman–Crippen MR) is 147 cm³/mol. The van der Waals surface area contributed by atoms with Crippen LogP contribution >= 0.6 is 23.2 Å². The first-order chi connectivity index (χ1) is 17.4. The molecule has 7 nitrogen and oxygen atoms in total. The second-order valence-electron chi connectivity index (χ2n) is 8.75. The van der Waals surface area contributed by atoms with Crippen molar-refractivity contribution < 1.29 is 18.0 Å². The molecular formula is C27H29Cl2N3O4S. The maximum atomic E-state index is 13.8. The molecule has 0 aliphatic heterocycles. The molecule has 196 valence electrons. The zero-order valence-corrected chi connectivity index (χ0v) is 23.4. The molecule has 0 unspecified atom stereocenters. The summed E-state index contributed by atoms with van der Waals surface area (Å²) in [6.07, 6.45) is 0. The van der Waals surface area contributed by atoms with Crippen molar-refractivity contribution in [1.29, 1.82) is 0 Å². The molecule has 0 bridgehead atoms. The van der Waals surface area contributed by atoms with Gasteiger partial charge < -0.3 is 10.2 Å². The normalized spacial score (nSPS) is 12.1. The highest BCUT2D eigenvalue weighted by molar-refractivity contribution is 7.92. The van der Waals surface area contributed by atoms with Crippen LogP contribution in [0, 0.1) is 13.8 Å². The van der Waals surface area contributed by atoms with Crippen LogP contribution in [0.5, 0.6) is 0 Å². The van der Waals surface area contributed by atoms with Crippen LogP contribution in [0.2, 0.25) is 10.0 Å². The molecule has 1 atom stereocenters. The van der Waals surface area contributed by atoms with Crippen molar-refractivity contribution in [2.75, 3.05) is 17.9 Å². The van der Waals surface area contributed by atoms with Crippen LogP contribution in [-0.2, 0) is 26.2 Å². The molecule has 0 saturated carbocycles. The van der Waals surface area contributed by atoms with Gasteiger partial charge in [0.1, 0.15) is 12.6 Å². The van der Waals surface area contributed by atoms with E-state index in [4.69, 9.17) is 23.2 Å². The van der Waals surface area contributed by atoms with Crippen LogP contribution in [0.3, 0.4) is 0 Å². The van der Waals surface area contributed by atoms with Crippen molar-refractivity contribution in [1.82, 2.24) is 10.2 Å². The minimum atomic E-state index is -4.19. The fourth-order valence-corrected chi connectivity index (χ4v) is 5.64. The van der Waals surface area contributed by atoms with Crippen LogP contribution in [0.1, 0.15) is 23.6 Å². The van der Waals surface area contributed by atoms with Crippen LogP contribution < -0.4 is 9.62 Å². The van der Waals surface area contributed by atoms with Crippen LogP contribution in [0.4, 0.5) is 5.69 Å². The Morgan fingerprint density at radius 3 is 1.92 bits per heavy atom. The van der Waals surface area contributed by atoms with Crippen LogP contribution in [-0.4, -0.2) is 44.8 Å². The number of nitrogens with zero attached hydrogens (tertiary/aromatic N) is 2. The fourth-order valence-electron chi connectivity index (χ4n) is 3.73. The third kappa shape index (κ3) is 7.03. The van der Waals surface area contributed by atoms with E-state index in [1.165, 1.54) is 42.3 Å². The Bertz CT molecular complexity index is 1360.